The number of nitrogens with zero attached hydrogens (tertiary/aromatic N) is 1. The number of carbonyl (C=O) groups excluding carboxylic acids is 2. The summed E-state index contributed by atoms with van der Waals surface area (Å²) in [4.78, 5) is 28.9. The van der Waals surface area contributed by atoms with Gasteiger partial charge >= 0.3 is 0 Å². The van der Waals surface area contributed by atoms with Crippen LogP contribution in [0.15, 0.2) is 91.0 Å². The summed E-state index contributed by atoms with van der Waals surface area (Å²) in [5, 5.41) is 3.13. The number of amides is 2. The quantitative estimate of drug-likeness (QED) is 0.499. The minimum absolute atomic E-state index is 0.151. The van der Waals surface area contributed by atoms with Gasteiger partial charge in [-0.25, -0.2) is 4.39 Å². The third-order valence-electron chi connectivity index (χ3n) is 6.40. The van der Waals surface area contributed by atoms with Crippen LogP contribution in [0.1, 0.15) is 47.3 Å². The lowest BCUT2D eigenvalue weighted by molar-refractivity contribution is -0.126. The molecule has 2 amide bonds. The molecule has 3 atom stereocenters. The lowest BCUT2D eigenvalue weighted by Crippen LogP contribution is -2.49. The van der Waals surface area contributed by atoms with Crippen molar-refractivity contribution < 1.29 is 18.7 Å². The Balaban J connectivity index is 1.73. The highest BCUT2D eigenvalue weighted by atomic mass is 19.1. The standard InChI is InChI=1S/C30H31FN2O3/c1-21-10-6-8-14-26(23-16-18-24(31)19-17-23)32-29(34)27(20-22-11-4-3-5-12-22)33(2)30(35)25-13-7-9-15-28(25)36-21/h3-9,11-13,15-19,21,26-27H,10,14,20H2,1-2H3,(H,32,34)/b8-6-/t21-,26-,27+/m1/s1. The van der Waals surface area contributed by atoms with Crippen LogP contribution in [0.5, 0.6) is 5.75 Å². The van der Waals surface area contributed by atoms with E-state index in [9.17, 15) is 14.0 Å². The van der Waals surface area contributed by atoms with Crippen LogP contribution in [0.3, 0.4) is 0 Å². The van der Waals surface area contributed by atoms with Crippen LogP contribution in [0.4, 0.5) is 4.39 Å². The van der Waals surface area contributed by atoms with Crippen LogP contribution in [0.2, 0.25) is 0 Å². The predicted molar refractivity (Wildman–Crippen MR) is 138 cm³/mol. The molecule has 0 aromatic heterocycles. The number of likely N-dealkylation sites (N-methyl/N-ethyl adjacent to an activating group) is 1. The molecule has 5 nitrogen and oxygen atoms in total. The largest absolute Gasteiger partial charge is 0.490 e. The number of para-hydroxylation sites is 1. The summed E-state index contributed by atoms with van der Waals surface area (Å²) < 4.78 is 19.7. The zero-order valence-corrected chi connectivity index (χ0v) is 20.6. The first kappa shape index (κ1) is 25.2. The van der Waals surface area contributed by atoms with Gasteiger partial charge in [0, 0.05) is 19.9 Å². The van der Waals surface area contributed by atoms with Crippen molar-refractivity contribution in [2.24, 2.45) is 0 Å². The van der Waals surface area contributed by atoms with Crippen LogP contribution in [-0.4, -0.2) is 35.9 Å². The lowest BCUT2D eigenvalue weighted by atomic mass is 9.99. The predicted octanol–water partition coefficient (Wildman–Crippen LogP) is 5.48. The number of rotatable bonds is 3. The van der Waals surface area contributed by atoms with E-state index in [1.807, 2.05) is 55.5 Å². The number of nitrogens with one attached hydrogen (secondary N) is 1. The molecule has 0 radical (unpaired) electrons. The maximum absolute atomic E-state index is 13.7. The first-order valence-electron chi connectivity index (χ1n) is 12.2. The van der Waals surface area contributed by atoms with Gasteiger partial charge in [0.05, 0.1) is 17.7 Å². The Hall–Kier alpha value is -3.93. The van der Waals surface area contributed by atoms with E-state index in [4.69, 9.17) is 4.74 Å². The molecule has 0 bridgehead atoms. The highest BCUT2D eigenvalue weighted by Crippen LogP contribution is 2.25. The van der Waals surface area contributed by atoms with Crippen molar-refractivity contribution in [2.45, 2.75) is 44.4 Å². The minimum atomic E-state index is -0.764. The van der Waals surface area contributed by atoms with Crippen LogP contribution in [-0.2, 0) is 11.2 Å². The molecule has 1 aliphatic rings. The van der Waals surface area contributed by atoms with Crippen molar-refractivity contribution in [1.29, 1.82) is 0 Å². The van der Waals surface area contributed by atoms with Gasteiger partial charge in [-0.3, -0.25) is 9.59 Å². The fourth-order valence-corrected chi connectivity index (χ4v) is 4.35. The Morgan fingerprint density at radius 1 is 0.917 bits per heavy atom. The van der Waals surface area contributed by atoms with Gasteiger partial charge in [0.25, 0.3) is 5.91 Å². The van der Waals surface area contributed by atoms with Crippen LogP contribution in [0.25, 0.3) is 0 Å². The number of carbonyl (C=O) groups is 2. The summed E-state index contributed by atoms with van der Waals surface area (Å²) in [5.74, 6) is -0.408. The SMILES string of the molecule is C[C@@H]1C/C=C\C[C@H](c2ccc(F)cc2)NC(=O)[C@H](Cc2ccccc2)N(C)C(=O)c2ccccc2O1. The molecule has 3 aromatic carbocycles. The van der Waals surface area contributed by atoms with Crippen molar-refractivity contribution in [3.05, 3.63) is 114 Å². The second-order valence-electron chi connectivity index (χ2n) is 9.10. The molecule has 0 spiro atoms. The van der Waals surface area contributed by atoms with E-state index in [1.165, 1.54) is 17.0 Å². The molecule has 36 heavy (non-hydrogen) atoms. The summed E-state index contributed by atoms with van der Waals surface area (Å²) in [7, 11) is 1.65. The molecule has 0 unspecified atom stereocenters. The summed E-state index contributed by atoms with van der Waals surface area (Å²) in [6.45, 7) is 1.96. The second-order valence-corrected chi connectivity index (χ2v) is 9.10. The van der Waals surface area contributed by atoms with E-state index in [1.54, 1.807) is 37.4 Å². The molecular formula is C30H31FN2O3. The second kappa shape index (κ2) is 11.7. The normalized spacial score (nSPS) is 22.1. The first-order valence-corrected chi connectivity index (χ1v) is 12.2. The maximum atomic E-state index is 13.7. The number of benzene rings is 3. The van der Waals surface area contributed by atoms with E-state index < -0.39 is 6.04 Å². The van der Waals surface area contributed by atoms with Gasteiger partial charge in [-0.05, 0) is 48.7 Å². The van der Waals surface area contributed by atoms with Gasteiger partial charge in [-0.15, -0.1) is 0 Å². The Labute approximate surface area is 211 Å². The molecule has 3 aromatic rings. The highest BCUT2D eigenvalue weighted by molar-refractivity contribution is 5.99. The summed E-state index contributed by atoms with van der Waals surface area (Å²) >= 11 is 0. The molecule has 1 N–H and O–H groups in total. The summed E-state index contributed by atoms with van der Waals surface area (Å²) in [6, 6.07) is 21.8. The first-order chi connectivity index (χ1) is 17.4. The van der Waals surface area contributed by atoms with Crippen LogP contribution < -0.4 is 10.1 Å². The highest BCUT2D eigenvalue weighted by Gasteiger charge is 2.31. The molecule has 186 valence electrons. The zero-order valence-electron chi connectivity index (χ0n) is 20.6. The van der Waals surface area contributed by atoms with Gasteiger partial charge in [-0.2, -0.15) is 0 Å². The molecular weight excluding hydrogens is 455 g/mol. The van der Waals surface area contributed by atoms with E-state index in [2.05, 4.69) is 5.32 Å². The van der Waals surface area contributed by atoms with Crippen molar-refractivity contribution in [2.75, 3.05) is 7.05 Å². The van der Waals surface area contributed by atoms with E-state index >= 15 is 0 Å². The molecule has 1 heterocycles. The fourth-order valence-electron chi connectivity index (χ4n) is 4.35. The van der Waals surface area contributed by atoms with Gasteiger partial charge < -0.3 is 15.0 Å². The average Bonchev–Trinajstić information content (AvgIpc) is 2.89. The van der Waals surface area contributed by atoms with Gasteiger partial charge in [-0.1, -0.05) is 66.7 Å². The third kappa shape index (κ3) is 6.19. The minimum Gasteiger partial charge on any atom is -0.490 e. The monoisotopic (exact) mass is 486 g/mol. The zero-order chi connectivity index (χ0) is 25.5. The van der Waals surface area contributed by atoms with Crippen molar-refractivity contribution in [1.82, 2.24) is 10.2 Å². The number of fused-ring (bicyclic) bond motifs is 1. The number of hydrogen-bond donors (Lipinski definition) is 1. The maximum Gasteiger partial charge on any atom is 0.258 e. The van der Waals surface area contributed by atoms with Crippen LogP contribution in [0, 0.1) is 5.82 Å². The van der Waals surface area contributed by atoms with Crippen molar-refractivity contribution in [3.63, 3.8) is 0 Å². The lowest BCUT2D eigenvalue weighted by Gasteiger charge is -2.30. The average molecular weight is 487 g/mol. The van der Waals surface area contributed by atoms with E-state index in [0.29, 0.717) is 30.6 Å². The number of ether oxygens (including phenoxy) is 1. The molecule has 1 aliphatic heterocycles. The van der Waals surface area contributed by atoms with E-state index in [-0.39, 0.29) is 29.8 Å². The topological polar surface area (TPSA) is 58.6 Å². The van der Waals surface area contributed by atoms with Gasteiger partial charge in [0.15, 0.2) is 0 Å². The summed E-state index contributed by atoms with van der Waals surface area (Å²) in [6.07, 6.45) is 5.38. The molecule has 0 saturated heterocycles. The molecule has 0 aliphatic carbocycles. The third-order valence-corrected chi connectivity index (χ3v) is 6.40. The van der Waals surface area contributed by atoms with Crippen molar-refractivity contribution >= 4 is 11.8 Å². The Bertz CT molecular complexity index is 1210. The molecule has 4 rings (SSSR count). The smallest absolute Gasteiger partial charge is 0.258 e. The van der Waals surface area contributed by atoms with Gasteiger partial charge in [0.1, 0.15) is 17.6 Å². The Morgan fingerprint density at radius 3 is 2.33 bits per heavy atom. The number of hydrogen-bond acceptors (Lipinski definition) is 3. The van der Waals surface area contributed by atoms with E-state index in [0.717, 1.165) is 11.1 Å². The van der Waals surface area contributed by atoms with Gasteiger partial charge in [0.2, 0.25) is 5.91 Å². The Kier molecular flexibility index (Phi) is 8.16. The fraction of sp³-hybridized carbons (Fsp3) is 0.267. The summed E-state index contributed by atoms with van der Waals surface area (Å²) in [5.41, 5.74) is 2.15. The molecule has 6 heteroatoms. The number of halogens is 1. The van der Waals surface area contributed by atoms with Crippen molar-refractivity contribution in [3.8, 4) is 5.75 Å². The van der Waals surface area contributed by atoms with Crippen LogP contribution >= 0.6 is 0 Å². The molecule has 0 saturated carbocycles. The Morgan fingerprint density at radius 2 is 1.58 bits per heavy atom. The molecule has 0 fully saturated rings.